The van der Waals surface area contributed by atoms with Gasteiger partial charge in [0.25, 0.3) is 0 Å². The number of primary amides is 1. The number of guanidine groups is 1. The van der Waals surface area contributed by atoms with Crippen molar-refractivity contribution in [3.8, 4) is 0 Å². The summed E-state index contributed by atoms with van der Waals surface area (Å²) in [6.45, 7) is 2.77. The van der Waals surface area contributed by atoms with Gasteiger partial charge in [-0.25, -0.2) is 4.98 Å². The topological polar surface area (TPSA) is 95.6 Å². The number of rotatable bonds is 6. The van der Waals surface area contributed by atoms with Crippen molar-refractivity contribution < 1.29 is 4.79 Å². The SMILES string of the molecule is CN=C(NCc1cccc(Cl)c1)NCc1cccnc1N1CCC(C(N)=O)CC1.I. The molecule has 7 nitrogen and oxygen atoms in total. The minimum absolute atomic E-state index is 0. The van der Waals surface area contributed by atoms with E-state index in [-0.39, 0.29) is 35.8 Å². The summed E-state index contributed by atoms with van der Waals surface area (Å²) in [6.07, 6.45) is 3.33. The summed E-state index contributed by atoms with van der Waals surface area (Å²) >= 11 is 6.04. The molecule has 0 atom stereocenters. The van der Waals surface area contributed by atoms with Crippen LogP contribution in [0.1, 0.15) is 24.0 Å². The van der Waals surface area contributed by atoms with Gasteiger partial charge in [0.05, 0.1) is 0 Å². The average molecular weight is 543 g/mol. The predicted molar refractivity (Wildman–Crippen MR) is 132 cm³/mol. The molecule has 0 saturated carbocycles. The van der Waals surface area contributed by atoms with Gasteiger partial charge in [-0.1, -0.05) is 29.8 Å². The van der Waals surface area contributed by atoms with Crippen LogP contribution in [0.4, 0.5) is 5.82 Å². The standard InChI is InChI=1S/C21H27ClN6O.HI/c1-24-21(26-13-15-4-2-6-18(22)12-15)27-14-17-5-3-9-25-20(17)28-10-7-16(8-11-28)19(23)29;/h2-6,9,12,16H,7-8,10-11,13-14H2,1H3,(H2,23,29)(H2,24,26,27);1H. The molecule has 3 rings (SSSR count). The zero-order valence-corrected chi connectivity index (χ0v) is 20.1. The largest absolute Gasteiger partial charge is 0.369 e. The molecule has 0 unspecified atom stereocenters. The van der Waals surface area contributed by atoms with Gasteiger partial charge in [0.15, 0.2) is 5.96 Å². The first kappa shape index (κ1) is 24.2. The Kier molecular flexibility index (Phi) is 9.64. The highest BCUT2D eigenvalue weighted by molar-refractivity contribution is 14.0. The highest BCUT2D eigenvalue weighted by atomic mass is 127. The maximum absolute atomic E-state index is 11.4. The fraction of sp³-hybridized carbons (Fsp3) is 0.381. The predicted octanol–water partition coefficient (Wildman–Crippen LogP) is 2.92. The smallest absolute Gasteiger partial charge is 0.220 e. The maximum Gasteiger partial charge on any atom is 0.220 e. The molecular weight excluding hydrogens is 515 g/mol. The molecule has 9 heteroatoms. The number of aromatic nitrogens is 1. The fourth-order valence-electron chi connectivity index (χ4n) is 3.46. The monoisotopic (exact) mass is 542 g/mol. The van der Waals surface area contributed by atoms with Crippen LogP contribution in [0.5, 0.6) is 0 Å². The summed E-state index contributed by atoms with van der Waals surface area (Å²) in [4.78, 5) is 22.5. The number of nitrogens with one attached hydrogen (secondary N) is 2. The van der Waals surface area contributed by atoms with Gasteiger partial charge >= 0.3 is 0 Å². The van der Waals surface area contributed by atoms with Gasteiger partial charge in [-0.3, -0.25) is 9.79 Å². The molecular formula is C21H28ClIN6O. The normalized spacial score (nSPS) is 14.7. The van der Waals surface area contributed by atoms with Crippen LogP contribution in [0.25, 0.3) is 0 Å². The van der Waals surface area contributed by atoms with Crippen LogP contribution in [0.15, 0.2) is 47.6 Å². The molecule has 1 aromatic heterocycles. The minimum Gasteiger partial charge on any atom is -0.369 e. The van der Waals surface area contributed by atoms with Crippen LogP contribution < -0.4 is 21.3 Å². The lowest BCUT2D eigenvalue weighted by Crippen LogP contribution is -2.40. The highest BCUT2D eigenvalue weighted by Crippen LogP contribution is 2.24. The van der Waals surface area contributed by atoms with Crippen LogP contribution in [-0.4, -0.2) is 37.0 Å². The Balaban J connectivity index is 0.00000320. The molecule has 1 amide bonds. The van der Waals surface area contributed by atoms with E-state index in [2.05, 4.69) is 31.6 Å². The van der Waals surface area contributed by atoms with Crippen LogP contribution in [0.2, 0.25) is 5.02 Å². The van der Waals surface area contributed by atoms with Gasteiger partial charge in [-0.2, -0.15) is 0 Å². The third kappa shape index (κ3) is 6.73. The number of amides is 1. The van der Waals surface area contributed by atoms with Crippen LogP contribution >= 0.6 is 35.6 Å². The summed E-state index contributed by atoms with van der Waals surface area (Å²) in [5.41, 5.74) is 7.61. The zero-order valence-electron chi connectivity index (χ0n) is 17.0. The number of nitrogens with two attached hydrogens (primary N) is 1. The molecule has 0 radical (unpaired) electrons. The lowest BCUT2D eigenvalue weighted by Gasteiger charge is -2.32. The highest BCUT2D eigenvalue weighted by Gasteiger charge is 2.24. The second-order valence-electron chi connectivity index (χ2n) is 7.06. The minimum atomic E-state index is -0.206. The molecule has 2 heterocycles. The van der Waals surface area contributed by atoms with Gasteiger partial charge in [-0.05, 0) is 36.6 Å². The van der Waals surface area contributed by atoms with Crippen LogP contribution in [0, 0.1) is 5.92 Å². The number of nitrogens with zero attached hydrogens (tertiary/aromatic N) is 3. The molecule has 0 aliphatic carbocycles. The number of hydrogen-bond acceptors (Lipinski definition) is 4. The number of carbonyl (C=O) groups is 1. The maximum atomic E-state index is 11.4. The summed E-state index contributed by atoms with van der Waals surface area (Å²) in [5.74, 6) is 1.40. The number of benzene rings is 1. The van der Waals surface area contributed by atoms with Gasteiger partial charge < -0.3 is 21.3 Å². The second-order valence-corrected chi connectivity index (χ2v) is 7.50. The van der Waals surface area contributed by atoms with Crippen LogP contribution in [0.3, 0.4) is 0 Å². The number of pyridine rings is 1. The lowest BCUT2D eigenvalue weighted by molar-refractivity contribution is -0.122. The van der Waals surface area contributed by atoms with E-state index in [1.165, 1.54) is 0 Å². The molecule has 1 aliphatic heterocycles. The van der Waals surface area contributed by atoms with E-state index < -0.39 is 0 Å². The first-order chi connectivity index (χ1) is 14.1. The van der Waals surface area contributed by atoms with Crippen molar-refractivity contribution in [1.82, 2.24) is 15.6 Å². The number of hydrogen-bond donors (Lipinski definition) is 3. The summed E-state index contributed by atoms with van der Waals surface area (Å²) in [6, 6.07) is 11.7. The number of piperidine rings is 1. The number of aliphatic imine (C=N–C) groups is 1. The Morgan fingerprint density at radius 3 is 2.63 bits per heavy atom. The van der Waals surface area contributed by atoms with Crippen molar-refractivity contribution in [2.45, 2.75) is 25.9 Å². The Bertz CT molecular complexity index is 870. The molecule has 2 aromatic rings. The zero-order chi connectivity index (χ0) is 20.6. The molecule has 1 saturated heterocycles. The van der Waals surface area contributed by atoms with E-state index in [0.29, 0.717) is 24.1 Å². The summed E-state index contributed by atoms with van der Waals surface area (Å²) in [7, 11) is 1.74. The van der Waals surface area contributed by atoms with E-state index in [4.69, 9.17) is 17.3 Å². The quantitative estimate of drug-likeness (QED) is 0.296. The van der Waals surface area contributed by atoms with Gasteiger partial charge in [0, 0.05) is 55.9 Å². The molecule has 0 bridgehead atoms. The van der Waals surface area contributed by atoms with E-state index in [0.717, 1.165) is 42.9 Å². The Morgan fingerprint density at radius 1 is 1.23 bits per heavy atom. The molecule has 1 aromatic carbocycles. The average Bonchev–Trinajstić information content (AvgIpc) is 2.74. The van der Waals surface area contributed by atoms with Gasteiger partial charge in [0.1, 0.15) is 5.82 Å². The van der Waals surface area contributed by atoms with Crippen molar-refractivity contribution in [3.05, 3.63) is 58.7 Å². The lowest BCUT2D eigenvalue weighted by atomic mass is 9.96. The molecule has 30 heavy (non-hydrogen) atoms. The van der Waals surface area contributed by atoms with E-state index in [1.54, 1.807) is 13.2 Å². The molecule has 1 aliphatic rings. The van der Waals surface area contributed by atoms with Crippen molar-refractivity contribution in [2.24, 2.45) is 16.6 Å². The Hall–Kier alpha value is -2.07. The van der Waals surface area contributed by atoms with Crippen molar-refractivity contribution in [2.75, 3.05) is 25.0 Å². The van der Waals surface area contributed by atoms with Crippen molar-refractivity contribution in [3.63, 3.8) is 0 Å². The molecule has 0 spiro atoms. The summed E-state index contributed by atoms with van der Waals surface area (Å²) < 4.78 is 0. The fourth-order valence-corrected chi connectivity index (χ4v) is 3.67. The third-order valence-electron chi connectivity index (χ3n) is 5.08. The number of halogens is 2. The molecule has 1 fully saturated rings. The van der Waals surface area contributed by atoms with E-state index in [9.17, 15) is 4.79 Å². The number of carbonyl (C=O) groups excluding carboxylic acids is 1. The first-order valence-electron chi connectivity index (χ1n) is 9.74. The van der Waals surface area contributed by atoms with Crippen molar-refractivity contribution in [1.29, 1.82) is 0 Å². The van der Waals surface area contributed by atoms with E-state index in [1.807, 2.05) is 30.3 Å². The molecule has 4 N–H and O–H groups in total. The van der Waals surface area contributed by atoms with E-state index >= 15 is 0 Å². The first-order valence-corrected chi connectivity index (χ1v) is 10.1. The van der Waals surface area contributed by atoms with Gasteiger partial charge in [0.2, 0.25) is 5.91 Å². The van der Waals surface area contributed by atoms with Crippen LogP contribution in [-0.2, 0) is 17.9 Å². The Morgan fingerprint density at radius 2 is 1.97 bits per heavy atom. The number of anilines is 1. The van der Waals surface area contributed by atoms with Crippen molar-refractivity contribution >= 4 is 53.3 Å². The van der Waals surface area contributed by atoms with Gasteiger partial charge in [-0.15, -0.1) is 24.0 Å². The molecule has 162 valence electrons. The Labute approximate surface area is 199 Å². The summed E-state index contributed by atoms with van der Waals surface area (Å²) in [5, 5.41) is 7.35. The third-order valence-corrected chi connectivity index (χ3v) is 5.32. The second kappa shape index (κ2) is 11.9.